The minimum Gasteiger partial charge on any atom is -0.358 e. The summed E-state index contributed by atoms with van der Waals surface area (Å²) in [5, 5.41) is 2.47. The van der Waals surface area contributed by atoms with E-state index in [2.05, 4.69) is 51.2 Å². The molecule has 16 heavy (non-hydrogen) atoms. The zero-order chi connectivity index (χ0) is 11.2. The number of hydrogen-bond donors (Lipinski definition) is 1. The molecular formula is C14H18BrN. The van der Waals surface area contributed by atoms with Crippen LogP contribution in [0.2, 0.25) is 0 Å². The van der Waals surface area contributed by atoms with E-state index in [0.717, 1.165) is 5.33 Å². The summed E-state index contributed by atoms with van der Waals surface area (Å²) in [7, 11) is 0. The number of unbranched alkanes of at least 4 members (excludes halogenated alkanes) is 3. The number of para-hydroxylation sites is 1. The summed E-state index contributed by atoms with van der Waals surface area (Å²) in [6.45, 7) is 0. The first kappa shape index (κ1) is 11.7. The molecule has 0 unspecified atom stereocenters. The number of nitrogens with one attached hydrogen (secondary N) is 1. The highest BCUT2D eigenvalue weighted by Gasteiger charge is 1.99. The quantitative estimate of drug-likeness (QED) is 0.585. The maximum Gasteiger partial charge on any atom is 0.0456 e. The zero-order valence-electron chi connectivity index (χ0n) is 9.51. The largest absolute Gasteiger partial charge is 0.358 e. The second-order valence-electron chi connectivity index (χ2n) is 4.24. The molecule has 1 heterocycles. The Kier molecular flexibility index (Phi) is 4.46. The zero-order valence-corrected chi connectivity index (χ0v) is 11.1. The van der Waals surface area contributed by atoms with E-state index in [1.807, 2.05) is 0 Å². The molecule has 0 amide bonds. The number of aryl methyl sites for hydroxylation is 1. The first-order chi connectivity index (χ1) is 7.90. The summed E-state index contributed by atoms with van der Waals surface area (Å²) >= 11 is 3.46. The van der Waals surface area contributed by atoms with Crippen LogP contribution >= 0.6 is 15.9 Å². The van der Waals surface area contributed by atoms with Gasteiger partial charge in [0, 0.05) is 16.5 Å². The summed E-state index contributed by atoms with van der Waals surface area (Å²) < 4.78 is 0. The molecule has 1 aromatic carbocycles. The van der Waals surface area contributed by atoms with Crippen LogP contribution in [0, 0.1) is 0 Å². The Hall–Kier alpha value is -0.760. The molecule has 0 bridgehead atoms. The van der Waals surface area contributed by atoms with E-state index in [0.29, 0.717) is 0 Å². The normalized spacial score (nSPS) is 11.1. The van der Waals surface area contributed by atoms with E-state index in [9.17, 15) is 0 Å². The molecule has 0 saturated carbocycles. The molecule has 1 aromatic heterocycles. The van der Waals surface area contributed by atoms with Gasteiger partial charge in [0.15, 0.2) is 0 Å². The van der Waals surface area contributed by atoms with Crippen LogP contribution in [-0.2, 0) is 6.42 Å². The van der Waals surface area contributed by atoms with Crippen molar-refractivity contribution in [3.8, 4) is 0 Å². The number of halogens is 1. The second-order valence-corrected chi connectivity index (χ2v) is 5.03. The van der Waals surface area contributed by atoms with Crippen LogP contribution in [0.15, 0.2) is 30.3 Å². The van der Waals surface area contributed by atoms with Crippen LogP contribution in [0.3, 0.4) is 0 Å². The monoisotopic (exact) mass is 279 g/mol. The van der Waals surface area contributed by atoms with E-state index in [4.69, 9.17) is 0 Å². The van der Waals surface area contributed by atoms with Crippen LogP contribution < -0.4 is 0 Å². The number of rotatable bonds is 6. The third-order valence-corrected chi connectivity index (χ3v) is 3.48. The molecule has 0 fully saturated rings. The van der Waals surface area contributed by atoms with Crippen molar-refractivity contribution >= 4 is 26.8 Å². The lowest BCUT2D eigenvalue weighted by Gasteiger charge is -1.98. The van der Waals surface area contributed by atoms with Gasteiger partial charge in [-0.3, -0.25) is 0 Å². The van der Waals surface area contributed by atoms with Gasteiger partial charge < -0.3 is 4.98 Å². The summed E-state index contributed by atoms with van der Waals surface area (Å²) in [5.74, 6) is 0. The minimum absolute atomic E-state index is 1.14. The Balaban J connectivity index is 1.85. The number of hydrogen-bond acceptors (Lipinski definition) is 0. The standard InChI is InChI=1S/C14H18BrN/c15-10-6-2-1-3-8-13-11-12-7-4-5-9-14(12)16-13/h4-5,7,9,11,16H,1-3,6,8,10H2. The van der Waals surface area contributed by atoms with Gasteiger partial charge in [-0.25, -0.2) is 0 Å². The maximum absolute atomic E-state index is 3.48. The van der Waals surface area contributed by atoms with E-state index in [-0.39, 0.29) is 0 Å². The maximum atomic E-state index is 3.48. The average Bonchev–Trinajstić information content (AvgIpc) is 2.71. The van der Waals surface area contributed by atoms with Crippen LogP contribution in [0.5, 0.6) is 0 Å². The fraction of sp³-hybridized carbons (Fsp3) is 0.429. The number of H-pyrrole nitrogens is 1. The van der Waals surface area contributed by atoms with Gasteiger partial charge in [0.05, 0.1) is 0 Å². The van der Waals surface area contributed by atoms with Gasteiger partial charge in [0.1, 0.15) is 0 Å². The van der Waals surface area contributed by atoms with Crippen molar-refractivity contribution in [2.24, 2.45) is 0 Å². The molecule has 0 aliphatic rings. The van der Waals surface area contributed by atoms with Crippen molar-refractivity contribution in [1.82, 2.24) is 4.98 Å². The molecule has 2 rings (SSSR count). The molecule has 1 nitrogen and oxygen atoms in total. The third kappa shape index (κ3) is 3.11. The summed E-state index contributed by atoms with van der Waals surface area (Å²) in [5.41, 5.74) is 2.64. The topological polar surface area (TPSA) is 15.8 Å². The number of alkyl halides is 1. The Morgan fingerprint density at radius 2 is 1.81 bits per heavy atom. The number of aromatic amines is 1. The smallest absolute Gasteiger partial charge is 0.0456 e. The molecule has 0 aliphatic heterocycles. The Labute approximate surface area is 105 Å². The Morgan fingerprint density at radius 1 is 1.00 bits per heavy atom. The van der Waals surface area contributed by atoms with E-state index < -0.39 is 0 Å². The first-order valence-electron chi connectivity index (χ1n) is 6.03. The predicted molar refractivity (Wildman–Crippen MR) is 74.3 cm³/mol. The fourth-order valence-electron chi connectivity index (χ4n) is 2.03. The summed E-state index contributed by atoms with van der Waals surface area (Å²) in [6.07, 6.45) is 6.44. The lowest BCUT2D eigenvalue weighted by atomic mass is 10.1. The minimum atomic E-state index is 1.14. The third-order valence-electron chi connectivity index (χ3n) is 2.92. The van der Waals surface area contributed by atoms with Crippen molar-refractivity contribution in [2.45, 2.75) is 32.1 Å². The van der Waals surface area contributed by atoms with E-state index in [1.165, 1.54) is 48.7 Å². The molecule has 0 radical (unpaired) electrons. The van der Waals surface area contributed by atoms with Gasteiger partial charge in [-0.15, -0.1) is 0 Å². The summed E-state index contributed by atoms with van der Waals surface area (Å²) in [6, 6.07) is 10.8. The lowest BCUT2D eigenvalue weighted by Crippen LogP contribution is -1.86. The molecule has 86 valence electrons. The van der Waals surface area contributed by atoms with Crippen molar-refractivity contribution in [2.75, 3.05) is 5.33 Å². The number of benzene rings is 1. The molecule has 2 heteroatoms. The van der Waals surface area contributed by atoms with Crippen molar-refractivity contribution in [3.05, 3.63) is 36.0 Å². The van der Waals surface area contributed by atoms with Crippen molar-refractivity contribution in [3.63, 3.8) is 0 Å². The van der Waals surface area contributed by atoms with Gasteiger partial charge in [-0.2, -0.15) is 0 Å². The highest BCUT2D eigenvalue weighted by molar-refractivity contribution is 9.09. The Bertz CT molecular complexity index is 400. The molecular weight excluding hydrogens is 262 g/mol. The van der Waals surface area contributed by atoms with Gasteiger partial charge >= 0.3 is 0 Å². The van der Waals surface area contributed by atoms with Gasteiger partial charge in [-0.05, 0) is 36.8 Å². The molecule has 0 atom stereocenters. The first-order valence-corrected chi connectivity index (χ1v) is 7.15. The molecule has 0 saturated heterocycles. The number of aromatic nitrogens is 1. The van der Waals surface area contributed by atoms with Crippen molar-refractivity contribution < 1.29 is 0 Å². The van der Waals surface area contributed by atoms with Gasteiger partial charge in [0.2, 0.25) is 0 Å². The van der Waals surface area contributed by atoms with Crippen LogP contribution in [-0.4, -0.2) is 10.3 Å². The summed E-state index contributed by atoms with van der Waals surface area (Å²) in [4.78, 5) is 3.48. The Morgan fingerprint density at radius 3 is 2.62 bits per heavy atom. The predicted octanol–water partition coefficient (Wildman–Crippen LogP) is 4.67. The van der Waals surface area contributed by atoms with Gasteiger partial charge in [0.25, 0.3) is 0 Å². The molecule has 2 aromatic rings. The van der Waals surface area contributed by atoms with E-state index >= 15 is 0 Å². The number of fused-ring (bicyclic) bond motifs is 1. The highest BCUT2D eigenvalue weighted by Crippen LogP contribution is 2.16. The van der Waals surface area contributed by atoms with E-state index in [1.54, 1.807) is 0 Å². The van der Waals surface area contributed by atoms with Crippen LogP contribution in [0.1, 0.15) is 31.4 Å². The lowest BCUT2D eigenvalue weighted by molar-refractivity contribution is 0.667. The highest BCUT2D eigenvalue weighted by atomic mass is 79.9. The molecule has 0 aliphatic carbocycles. The van der Waals surface area contributed by atoms with Gasteiger partial charge in [-0.1, -0.05) is 47.0 Å². The van der Waals surface area contributed by atoms with Crippen molar-refractivity contribution in [1.29, 1.82) is 0 Å². The molecule has 1 N–H and O–H groups in total. The second kappa shape index (κ2) is 6.09. The molecule has 0 spiro atoms. The van der Waals surface area contributed by atoms with Crippen LogP contribution in [0.25, 0.3) is 10.9 Å². The van der Waals surface area contributed by atoms with Crippen LogP contribution in [0.4, 0.5) is 0 Å². The fourth-order valence-corrected chi connectivity index (χ4v) is 2.43. The average molecular weight is 280 g/mol. The SMILES string of the molecule is BrCCCCCCc1cc2ccccc2[nH]1.